The second kappa shape index (κ2) is 14.6. The van der Waals surface area contributed by atoms with Crippen molar-refractivity contribution in [3.8, 4) is 0 Å². The first-order valence-electron chi connectivity index (χ1n) is 15.6. The molecule has 3 aliphatic rings. The number of aryl methyl sites for hydroxylation is 1. The molecular formula is C32H43ClN4O8. The lowest BCUT2D eigenvalue weighted by Crippen LogP contribution is -2.50. The number of aliphatic hydroxyl groups is 5. The summed E-state index contributed by atoms with van der Waals surface area (Å²) in [6, 6.07) is 13.8. The van der Waals surface area contributed by atoms with Crippen molar-refractivity contribution in [2.75, 3.05) is 42.6 Å². The topological polar surface area (TPSA) is 175 Å². The maximum Gasteiger partial charge on any atom is 0.314 e. The number of carbonyl (C=O) groups is 2. The molecule has 0 unspecified atom stereocenters. The molecule has 2 aliphatic carbocycles. The highest BCUT2D eigenvalue weighted by Crippen LogP contribution is 2.46. The number of anilines is 2. The van der Waals surface area contributed by atoms with E-state index in [1.165, 1.54) is 12.8 Å². The summed E-state index contributed by atoms with van der Waals surface area (Å²) in [6.07, 6.45) is -1.68. The Labute approximate surface area is 267 Å². The highest BCUT2D eigenvalue weighted by molar-refractivity contribution is 6.31. The van der Waals surface area contributed by atoms with Gasteiger partial charge in [0.2, 0.25) is 0 Å². The van der Waals surface area contributed by atoms with Crippen LogP contribution in [0.4, 0.5) is 16.2 Å². The zero-order chi connectivity index (χ0) is 32.1. The molecule has 0 saturated heterocycles. The van der Waals surface area contributed by atoms with Gasteiger partial charge in [-0.1, -0.05) is 35.9 Å². The molecule has 5 rings (SSSR count). The molecule has 0 radical (unpaired) electrons. The number of urea groups is 1. The molecule has 2 aromatic carbocycles. The maximum atomic E-state index is 13.8. The first kappa shape index (κ1) is 33.4. The zero-order valence-electron chi connectivity index (χ0n) is 25.1. The standard InChI is InChI=1S/C32H43ClN4O8/c33-23-10-7-20(4-3-13-34-31(44)35-17-26(39)28(41)29(42)27(40)18-38)16-21(23)19-45-32(11-12-32)30(43)37-15-14-36(22-8-9-22)24-5-1-2-6-25(24)37/h1-2,5-7,10,16,22,26-29,38-42H,3-4,8-9,11-15,17-19H2,(H2,34,35,44)/t26-,27+,28+,29+/m0/s1. The minimum Gasteiger partial charge on any atom is -0.394 e. The van der Waals surface area contributed by atoms with E-state index in [0.29, 0.717) is 49.8 Å². The van der Waals surface area contributed by atoms with Crippen LogP contribution in [0.3, 0.4) is 0 Å². The number of amides is 3. The second-order valence-electron chi connectivity index (χ2n) is 12.1. The lowest BCUT2D eigenvalue weighted by molar-refractivity contribution is -0.133. The van der Waals surface area contributed by atoms with E-state index in [2.05, 4.69) is 21.6 Å². The van der Waals surface area contributed by atoms with Gasteiger partial charge < -0.3 is 50.7 Å². The van der Waals surface area contributed by atoms with Crippen LogP contribution in [0.15, 0.2) is 42.5 Å². The Hall–Kier alpha value is -2.97. The molecule has 7 N–H and O–H groups in total. The van der Waals surface area contributed by atoms with Gasteiger partial charge in [-0.3, -0.25) is 4.79 Å². The van der Waals surface area contributed by atoms with Gasteiger partial charge in [0.1, 0.15) is 23.9 Å². The highest BCUT2D eigenvalue weighted by Gasteiger charge is 2.54. The van der Waals surface area contributed by atoms with Crippen LogP contribution < -0.4 is 20.4 Å². The van der Waals surface area contributed by atoms with Crippen molar-refractivity contribution in [1.29, 1.82) is 0 Å². The summed E-state index contributed by atoms with van der Waals surface area (Å²) >= 11 is 6.50. The summed E-state index contributed by atoms with van der Waals surface area (Å²) in [7, 11) is 0. The summed E-state index contributed by atoms with van der Waals surface area (Å²) in [6.45, 7) is 0.851. The van der Waals surface area contributed by atoms with Gasteiger partial charge in [-0.2, -0.15) is 0 Å². The van der Waals surface area contributed by atoms with E-state index in [-0.39, 0.29) is 19.1 Å². The predicted octanol–water partition coefficient (Wildman–Crippen LogP) is 1.07. The Morgan fingerprint density at radius 1 is 0.978 bits per heavy atom. The molecule has 13 heteroatoms. The summed E-state index contributed by atoms with van der Waals surface area (Å²) < 4.78 is 6.30. The number of rotatable bonds is 15. The van der Waals surface area contributed by atoms with Crippen LogP contribution in [-0.4, -0.2) is 106 Å². The monoisotopic (exact) mass is 646 g/mol. The smallest absolute Gasteiger partial charge is 0.314 e. The summed E-state index contributed by atoms with van der Waals surface area (Å²) in [5.74, 6) is 0.00276. The van der Waals surface area contributed by atoms with Crippen molar-refractivity contribution in [2.45, 2.75) is 81.2 Å². The van der Waals surface area contributed by atoms with Gasteiger partial charge >= 0.3 is 6.03 Å². The first-order chi connectivity index (χ1) is 21.6. The van der Waals surface area contributed by atoms with Gasteiger partial charge in [0.05, 0.1) is 30.7 Å². The van der Waals surface area contributed by atoms with E-state index >= 15 is 0 Å². The van der Waals surface area contributed by atoms with Crippen LogP contribution >= 0.6 is 11.6 Å². The van der Waals surface area contributed by atoms with Gasteiger partial charge in [-0.15, -0.1) is 0 Å². The molecule has 246 valence electrons. The Morgan fingerprint density at radius 2 is 1.69 bits per heavy atom. The average Bonchev–Trinajstić information content (AvgIpc) is 4.00. The SMILES string of the molecule is O=C(NCCCc1ccc(Cl)c(COC2(C(=O)N3CCN(C4CC4)c4ccccc43)CC2)c1)NC[C@H](O)[C@@H](O)[C@H](O)[C@H](O)CO. The Balaban J connectivity index is 1.07. The number of halogens is 1. The highest BCUT2D eigenvalue weighted by atomic mass is 35.5. The quantitative estimate of drug-likeness (QED) is 0.140. The van der Waals surface area contributed by atoms with Crippen LogP contribution in [0.5, 0.6) is 0 Å². The molecule has 0 bridgehead atoms. The third-order valence-corrected chi connectivity index (χ3v) is 9.08. The second-order valence-corrected chi connectivity index (χ2v) is 12.5. The summed E-state index contributed by atoms with van der Waals surface area (Å²) in [4.78, 5) is 30.2. The van der Waals surface area contributed by atoms with Crippen molar-refractivity contribution in [2.24, 2.45) is 0 Å². The fourth-order valence-corrected chi connectivity index (χ4v) is 5.86. The van der Waals surface area contributed by atoms with Crippen LogP contribution in [0.1, 0.15) is 43.2 Å². The Bertz CT molecular complexity index is 1340. The first-order valence-corrected chi connectivity index (χ1v) is 15.9. The van der Waals surface area contributed by atoms with Crippen LogP contribution in [-0.2, 0) is 22.6 Å². The predicted molar refractivity (Wildman–Crippen MR) is 168 cm³/mol. The number of hydrogen-bond acceptors (Lipinski definition) is 9. The number of carbonyl (C=O) groups excluding carboxylic acids is 2. The van der Waals surface area contributed by atoms with E-state index in [1.54, 1.807) is 6.07 Å². The average molecular weight is 647 g/mol. The van der Waals surface area contributed by atoms with Crippen molar-refractivity contribution >= 4 is 34.9 Å². The maximum absolute atomic E-state index is 13.8. The van der Waals surface area contributed by atoms with Gasteiger partial charge in [0, 0.05) is 37.2 Å². The van der Waals surface area contributed by atoms with Crippen LogP contribution in [0.2, 0.25) is 5.02 Å². The largest absolute Gasteiger partial charge is 0.394 e. The van der Waals surface area contributed by atoms with Crippen molar-refractivity contribution in [1.82, 2.24) is 10.6 Å². The van der Waals surface area contributed by atoms with Gasteiger partial charge in [-0.25, -0.2) is 4.79 Å². The van der Waals surface area contributed by atoms with E-state index in [1.807, 2.05) is 35.2 Å². The molecule has 1 heterocycles. The molecule has 3 amide bonds. The fourth-order valence-electron chi connectivity index (χ4n) is 5.69. The molecule has 12 nitrogen and oxygen atoms in total. The summed E-state index contributed by atoms with van der Waals surface area (Å²) in [5, 5.41) is 53.3. The van der Waals surface area contributed by atoms with Gasteiger partial charge in [0.15, 0.2) is 0 Å². The molecule has 4 atom stereocenters. The molecular weight excluding hydrogens is 604 g/mol. The normalized spacial score (nSPS) is 19.7. The number of benzene rings is 2. The molecule has 2 aromatic rings. The van der Waals surface area contributed by atoms with E-state index < -0.39 is 42.7 Å². The Kier molecular flexibility index (Phi) is 10.9. The van der Waals surface area contributed by atoms with Crippen LogP contribution in [0, 0.1) is 0 Å². The van der Waals surface area contributed by atoms with Gasteiger partial charge in [0.25, 0.3) is 5.91 Å². The summed E-state index contributed by atoms with van der Waals surface area (Å²) in [5.41, 5.74) is 3.01. The van der Waals surface area contributed by atoms with Crippen LogP contribution in [0.25, 0.3) is 0 Å². The van der Waals surface area contributed by atoms with Crippen molar-refractivity contribution in [3.63, 3.8) is 0 Å². The number of ether oxygens (including phenoxy) is 1. The fraction of sp³-hybridized carbons (Fsp3) is 0.562. The molecule has 0 aromatic heterocycles. The molecule has 0 spiro atoms. The minimum absolute atomic E-state index is 0.00276. The van der Waals surface area contributed by atoms with Crippen molar-refractivity contribution < 1.29 is 39.9 Å². The van der Waals surface area contributed by atoms with E-state index in [0.717, 1.165) is 29.0 Å². The molecule has 45 heavy (non-hydrogen) atoms. The number of nitrogens with zero attached hydrogens (tertiary/aromatic N) is 2. The molecule has 1 aliphatic heterocycles. The lowest BCUT2D eigenvalue weighted by Gasteiger charge is -2.39. The van der Waals surface area contributed by atoms with Crippen molar-refractivity contribution in [3.05, 3.63) is 58.6 Å². The number of para-hydroxylation sites is 2. The number of aliphatic hydroxyl groups excluding tert-OH is 5. The number of fused-ring (bicyclic) bond motifs is 1. The van der Waals surface area contributed by atoms with Gasteiger partial charge in [-0.05, 0) is 67.9 Å². The van der Waals surface area contributed by atoms with E-state index in [4.69, 9.17) is 21.4 Å². The minimum atomic E-state index is -1.76. The third-order valence-electron chi connectivity index (χ3n) is 8.71. The molecule has 2 fully saturated rings. The zero-order valence-corrected chi connectivity index (χ0v) is 25.9. The number of hydrogen-bond donors (Lipinski definition) is 7. The number of nitrogens with one attached hydrogen (secondary N) is 2. The lowest BCUT2D eigenvalue weighted by atomic mass is 10.0. The third kappa shape index (κ3) is 8.07. The molecule has 2 saturated carbocycles. The Morgan fingerprint density at radius 3 is 2.38 bits per heavy atom. The van der Waals surface area contributed by atoms with E-state index in [9.17, 15) is 30.0 Å².